The fourth-order valence-corrected chi connectivity index (χ4v) is 2.88. The number of carbonyl (C=O) groups is 2. The third kappa shape index (κ3) is 2.56. The maximum absolute atomic E-state index is 13.2. The highest BCUT2D eigenvalue weighted by Crippen LogP contribution is 2.43. The van der Waals surface area contributed by atoms with Gasteiger partial charge in [-0.05, 0) is 13.8 Å². The van der Waals surface area contributed by atoms with E-state index < -0.39 is 63.8 Å². The van der Waals surface area contributed by atoms with Gasteiger partial charge in [0, 0.05) is 0 Å². The molecule has 13 heteroatoms. The van der Waals surface area contributed by atoms with Crippen molar-refractivity contribution in [3.8, 4) is 0 Å². The van der Waals surface area contributed by atoms with Crippen LogP contribution in [0.2, 0.25) is 0 Å². The van der Waals surface area contributed by atoms with Crippen LogP contribution in [0, 0.1) is 0 Å². The molecule has 0 radical (unpaired) electrons. The van der Waals surface area contributed by atoms with Gasteiger partial charge in [0.2, 0.25) is 6.10 Å². The Balaban J connectivity index is 1.75. The summed E-state index contributed by atoms with van der Waals surface area (Å²) < 4.78 is 81.1. The number of esters is 2. The molecule has 0 bridgehead atoms. The first-order chi connectivity index (χ1) is 10.8. The minimum Gasteiger partial charge on any atom is -0.454 e. The number of rotatable bonds is 3. The van der Waals surface area contributed by atoms with Crippen molar-refractivity contribution in [2.24, 2.45) is 0 Å². The summed E-state index contributed by atoms with van der Waals surface area (Å²) in [5.74, 6) is -4.87. The number of hydrogen-bond donors (Lipinski definition) is 1. The van der Waals surface area contributed by atoms with E-state index in [4.69, 9.17) is 23.5 Å². The molecule has 0 aliphatic carbocycles. The van der Waals surface area contributed by atoms with Crippen molar-refractivity contribution < 1.29 is 55.0 Å². The topological polar surface area (TPSA) is 135 Å². The molecule has 0 saturated carbocycles. The van der Waals surface area contributed by atoms with Crippen molar-refractivity contribution in [1.82, 2.24) is 0 Å². The van der Waals surface area contributed by atoms with Gasteiger partial charge in [-0.3, -0.25) is 4.55 Å². The maximum Gasteiger partial charge on any atom is 0.465 e. The summed E-state index contributed by atoms with van der Waals surface area (Å²) in [6.45, 7) is 3.15. The first kappa shape index (κ1) is 17.4. The van der Waals surface area contributed by atoms with Gasteiger partial charge in [0.15, 0.2) is 24.3 Å². The Bertz CT molecular complexity index is 689. The zero-order valence-corrected chi connectivity index (χ0v) is 13.0. The van der Waals surface area contributed by atoms with Crippen molar-refractivity contribution in [3.63, 3.8) is 0 Å². The SMILES string of the molecule is CC1(C)OC2OC3C(OC(=O)C(F)(F)S(=O)(=O)O)C(=O)OC3C2O1. The smallest absolute Gasteiger partial charge is 0.454 e. The second-order valence-corrected chi connectivity index (χ2v) is 7.25. The lowest BCUT2D eigenvalue weighted by Gasteiger charge is -2.22. The van der Waals surface area contributed by atoms with E-state index in [1.807, 2.05) is 0 Å². The average molecular weight is 374 g/mol. The van der Waals surface area contributed by atoms with E-state index in [2.05, 4.69) is 4.74 Å². The van der Waals surface area contributed by atoms with E-state index >= 15 is 0 Å². The third-order valence-corrected chi connectivity index (χ3v) is 4.42. The monoisotopic (exact) mass is 374 g/mol. The molecule has 3 rings (SSSR count). The van der Waals surface area contributed by atoms with Gasteiger partial charge < -0.3 is 23.7 Å². The first-order valence-electron chi connectivity index (χ1n) is 6.61. The second kappa shape index (κ2) is 5.05. The lowest BCUT2D eigenvalue weighted by Crippen LogP contribution is -2.44. The van der Waals surface area contributed by atoms with E-state index in [0.717, 1.165) is 0 Å². The molecule has 3 fully saturated rings. The van der Waals surface area contributed by atoms with Gasteiger partial charge in [-0.1, -0.05) is 0 Å². The Hall–Kier alpha value is -1.41. The molecular weight excluding hydrogens is 362 g/mol. The zero-order chi connectivity index (χ0) is 18.1. The van der Waals surface area contributed by atoms with Crippen molar-refractivity contribution in [3.05, 3.63) is 0 Å². The molecular formula is C11H12F2O10S. The molecule has 5 unspecified atom stereocenters. The molecule has 0 aromatic carbocycles. The molecule has 0 spiro atoms. The fourth-order valence-electron chi connectivity index (χ4n) is 2.62. The van der Waals surface area contributed by atoms with Gasteiger partial charge in [-0.15, -0.1) is 0 Å². The van der Waals surface area contributed by atoms with E-state index in [9.17, 15) is 26.8 Å². The molecule has 3 heterocycles. The largest absolute Gasteiger partial charge is 0.465 e. The summed E-state index contributed by atoms with van der Waals surface area (Å²) in [6.07, 6.45) is -6.19. The zero-order valence-electron chi connectivity index (χ0n) is 12.2. The lowest BCUT2D eigenvalue weighted by molar-refractivity contribution is -0.218. The molecule has 10 nitrogen and oxygen atoms in total. The van der Waals surface area contributed by atoms with Crippen molar-refractivity contribution >= 4 is 22.1 Å². The van der Waals surface area contributed by atoms with Gasteiger partial charge in [0.25, 0.3) is 0 Å². The highest BCUT2D eigenvalue weighted by molar-refractivity contribution is 7.87. The normalized spacial score (nSPS) is 37.7. The summed E-state index contributed by atoms with van der Waals surface area (Å²) in [5, 5.41) is -5.24. The van der Waals surface area contributed by atoms with E-state index in [1.54, 1.807) is 13.8 Å². The summed E-state index contributed by atoms with van der Waals surface area (Å²) in [6, 6.07) is 0. The van der Waals surface area contributed by atoms with Crippen molar-refractivity contribution in [2.45, 2.75) is 55.6 Å². The molecule has 0 aromatic rings. The first-order valence-corrected chi connectivity index (χ1v) is 8.05. The van der Waals surface area contributed by atoms with Gasteiger partial charge in [0.05, 0.1) is 0 Å². The van der Waals surface area contributed by atoms with E-state index in [-0.39, 0.29) is 0 Å². The van der Waals surface area contributed by atoms with Crippen LogP contribution in [0.25, 0.3) is 0 Å². The molecule has 3 aliphatic heterocycles. The average Bonchev–Trinajstić information content (AvgIpc) is 2.97. The highest BCUT2D eigenvalue weighted by atomic mass is 32.2. The van der Waals surface area contributed by atoms with Crippen LogP contribution in [0.5, 0.6) is 0 Å². The molecule has 136 valence electrons. The van der Waals surface area contributed by atoms with Crippen molar-refractivity contribution in [1.29, 1.82) is 0 Å². The van der Waals surface area contributed by atoms with E-state index in [1.165, 1.54) is 0 Å². The molecule has 24 heavy (non-hydrogen) atoms. The standard InChI is InChI=1S/C11H12F2O10S/c1-10(2)22-6-4-3(20-8(6)23-10)5(7(14)19-4)21-9(15)11(12,13)24(16,17)18/h3-6,8H,1-2H3,(H,16,17,18). The summed E-state index contributed by atoms with van der Waals surface area (Å²) in [7, 11) is -6.06. The number of carbonyl (C=O) groups excluding carboxylic acids is 2. The fraction of sp³-hybridized carbons (Fsp3) is 0.818. The molecule has 0 amide bonds. The van der Waals surface area contributed by atoms with Crippen LogP contribution in [0.3, 0.4) is 0 Å². The van der Waals surface area contributed by atoms with Crippen LogP contribution < -0.4 is 0 Å². The van der Waals surface area contributed by atoms with Crippen LogP contribution in [0.4, 0.5) is 8.78 Å². The van der Waals surface area contributed by atoms with Crippen LogP contribution >= 0.6 is 0 Å². The lowest BCUT2D eigenvalue weighted by atomic mass is 10.1. The van der Waals surface area contributed by atoms with Gasteiger partial charge >= 0.3 is 27.3 Å². The molecule has 5 atom stereocenters. The maximum atomic E-state index is 13.2. The van der Waals surface area contributed by atoms with Crippen LogP contribution in [0.1, 0.15) is 13.8 Å². The Kier molecular flexibility index (Phi) is 3.66. The van der Waals surface area contributed by atoms with Gasteiger partial charge in [0.1, 0.15) is 6.10 Å². The minimum atomic E-state index is -6.06. The number of fused-ring (bicyclic) bond motifs is 3. The van der Waals surface area contributed by atoms with Gasteiger partial charge in [-0.2, -0.15) is 17.2 Å². The Labute approximate surface area is 133 Å². The summed E-state index contributed by atoms with van der Waals surface area (Å²) in [4.78, 5) is 23.0. The van der Waals surface area contributed by atoms with Gasteiger partial charge in [-0.25, -0.2) is 9.59 Å². The quantitative estimate of drug-likeness (QED) is 0.493. The van der Waals surface area contributed by atoms with Crippen LogP contribution in [-0.2, 0) is 43.4 Å². The van der Waals surface area contributed by atoms with Crippen LogP contribution in [-0.4, -0.2) is 66.7 Å². The molecule has 1 N–H and O–H groups in total. The predicted octanol–water partition coefficient (Wildman–Crippen LogP) is -0.819. The Morgan fingerprint density at radius 2 is 1.88 bits per heavy atom. The summed E-state index contributed by atoms with van der Waals surface area (Å²) >= 11 is 0. The Morgan fingerprint density at radius 3 is 2.46 bits per heavy atom. The van der Waals surface area contributed by atoms with Crippen molar-refractivity contribution in [2.75, 3.05) is 0 Å². The molecule has 3 saturated heterocycles. The highest BCUT2D eigenvalue weighted by Gasteiger charge is 2.65. The summed E-state index contributed by atoms with van der Waals surface area (Å²) in [5.41, 5.74) is 0. The third-order valence-electron chi connectivity index (χ3n) is 3.61. The predicted molar refractivity (Wildman–Crippen MR) is 65.0 cm³/mol. The number of ether oxygens (including phenoxy) is 5. The molecule has 0 aromatic heterocycles. The van der Waals surface area contributed by atoms with E-state index in [0.29, 0.717) is 0 Å². The number of hydrogen-bond acceptors (Lipinski definition) is 9. The molecule has 3 aliphatic rings. The minimum absolute atomic E-state index is 0.861. The Morgan fingerprint density at radius 1 is 1.25 bits per heavy atom. The number of halogens is 2. The van der Waals surface area contributed by atoms with Crippen LogP contribution in [0.15, 0.2) is 0 Å². The second-order valence-electron chi connectivity index (χ2n) is 5.79. The number of alkyl halides is 2.